The van der Waals surface area contributed by atoms with Gasteiger partial charge in [0.05, 0.1) is 24.5 Å². The number of rotatable bonds is 8. The molecule has 1 aliphatic rings. The average molecular weight is 696 g/mol. The molecule has 8 N–H and O–H groups in total. The summed E-state index contributed by atoms with van der Waals surface area (Å²) < 4.78 is 0.756. The Morgan fingerprint density at radius 1 is 0.649 bits per heavy atom. The number of carbonyl (C=O) groups excluding carboxylic acids is 3. The number of nitrogens with zero attached hydrogens (tertiary/aromatic N) is 5. The molecule has 0 aliphatic carbocycles. The van der Waals surface area contributed by atoms with E-state index in [0.29, 0.717) is 38.4 Å². The summed E-state index contributed by atoms with van der Waals surface area (Å²) in [6, 6.07) is 5.06. The van der Waals surface area contributed by atoms with Crippen molar-refractivity contribution in [1.82, 2.24) is 19.6 Å². The van der Waals surface area contributed by atoms with Gasteiger partial charge in [0.2, 0.25) is 5.69 Å². The van der Waals surface area contributed by atoms with Gasteiger partial charge in [-0.05, 0) is 6.07 Å². The van der Waals surface area contributed by atoms with Crippen molar-refractivity contribution in [3.05, 3.63) is 35.3 Å². The van der Waals surface area contributed by atoms with Crippen molar-refractivity contribution in [2.24, 2.45) is 0 Å². The first-order valence-corrected chi connectivity index (χ1v) is 10.4. The summed E-state index contributed by atoms with van der Waals surface area (Å²) in [5.41, 5.74) is 0.512. The summed E-state index contributed by atoms with van der Waals surface area (Å²) in [7, 11) is 0. The molecular formula is C20H36N5O11Yb. The first-order chi connectivity index (χ1) is 15.2. The van der Waals surface area contributed by atoms with Crippen LogP contribution in [0.1, 0.15) is 5.69 Å². The minimum absolute atomic E-state index is 0. The van der Waals surface area contributed by atoms with Crippen LogP contribution < -0.4 is 20.0 Å². The Morgan fingerprint density at radius 3 is 1.27 bits per heavy atom. The van der Waals surface area contributed by atoms with Gasteiger partial charge in [0.15, 0.2) is 6.20 Å². The predicted molar refractivity (Wildman–Crippen MR) is 119 cm³/mol. The van der Waals surface area contributed by atoms with Crippen molar-refractivity contribution < 1.29 is 103 Å². The standard InChI is InChI=1S/C20H31N5O7.4H2O.Yb/c26-18(27)14-22-7-5-21(13-17-3-1-2-4-25(17)32)6-8-23(15-19(28)29)10-12-24(11-9-22)16-20(30)31;;;;;/h1-4H,5-16H2,(H,26,27)(H,28,29)(H,30,31);4*1H2;/q;;;;;+3/p-3. The largest absolute Gasteiger partial charge is 3.00 e. The summed E-state index contributed by atoms with van der Waals surface area (Å²) in [6.45, 7) is 1.96. The average Bonchev–Trinajstić information content (AvgIpc) is 2.70. The van der Waals surface area contributed by atoms with Crippen molar-refractivity contribution in [2.75, 3.05) is 72.0 Å². The molecule has 221 valence electrons. The van der Waals surface area contributed by atoms with E-state index in [4.69, 9.17) is 0 Å². The number of carboxylic acid groups (broad SMARTS) is 3. The van der Waals surface area contributed by atoms with Crippen LogP contribution in [0, 0.1) is 52.1 Å². The molecule has 0 aromatic carbocycles. The number of carboxylic acids is 3. The van der Waals surface area contributed by atoms with Crippen LogP contribution >= 0.6 is 0 Å². The normalized spacial score (nSPS) is 16.0. The number of aliphatic carboxylic acids is 3. The third-order valence-electron chi connectivity index (χ3n) is 5.28. The minimum Gasteiger partial charge on any atom is -0.618 e. The van der Waals surface area contributed by atoms with Crippen LogP contribution in [-0.2, 0) is 20.9 Å². The van der Waals surface area contributed by atoms with E-state index in [1.165, 1.54) is 6.20 Å². The molecule has 1 radical (unpaired) electrons. The predicted octanol–water partition coefficient (Wildman–Crippen LogP) is -9.01. The van der Waals surface area contributed by atoms with Crippen LogP contribution in [-0.4, -0.2) is 131 Å². The van der Waals surface area contributed by atoms with Gasteiger partial charge in [-0.15, -0.1) is 0 Å². The van der Waals surface area contributed by atoms with Crippen molar-refractivity contribution in [3.63, 3.8) is 0 Å². The summed E-state index contributed by atoms with van der Waals surface area (Å²) in [5.74, 6) is -3.75. The molecule has 16 nitrogen and oxygen atoms in total. The molecule has 0 bridgehead atoms. The topological polar surface area (TPSA) is 286 Å². The summed E-state index contributed by atoms with van der Waals surface area (Å²) >= 11 is 0. The molecule has 17 heteroatoms. The quantitative estimate of drug-likeness (QED) is 0.182. The fourth-order valence-corrected chi connectivity index (χ4v) is 3.57. The molecule has 1 saturated heterocycles. The molecule has 1 aromatic heterocycles. The van der Waals surface area contributed by atoms with Crippen LogP contribution in [0.3, 0.4) is 0 Å². The van der Waals surface area contributed by atoms with Gasteiger partial charge in [-0.1, -0.05) is 0 Å². The summed E-state index contributed by atoms with van der Waals surface area (Å²) in [6.07, 6.45) is 1.39. The van der Waals surface area contributed by atoms with Crippen LogP contribution in [0.2, 0.25) is 0 Å². The number of pyridine rings is 1. The van der Waals surface area contributed by atoms with Crippen molar-refractivity contribution in [1.29, 1.82) is 0 Å². The number of aromatic nitrogens is 1. The van der Waals surface area contributed by atoms with Gasteiger partial charge >= 0.3 is 46.9 Å². The third kappa shape index (κ3) is 17.7. The Labute approximate surface area is 253 Å². The van der Waals surface area contributed by atoms with E-state index in [0.717, 1.165) is 4.73 Å². The van der Waals surface area contributed by atoms with Gasteiger partial charge in [0.25, 0.3) is 0 Å². The second-order valence-electron chi connectivity index (χ2n) is 7.74. The van der Waals surface area contributed by atoms with E-state index in [9.17, 15) is 34.9 Å². The molecule has 0 atom stereocenters. The molecule has 1 aliphatic heterocycles. The summed E-state index contributed by atoms with van der Waals surface area (Å²) in [5, 5.41) is 45.5. The zero-order chi connectivity index (χ0) is 23.5. The smallest absolute Gasteiger partial charge is 0.618 e. The first-order valence-electron chi connectivity index (χ1n) is 10.4. The Bertz CT molecular complexity index is 761. The van der Waals surface area contributed by atoms with Gasteiger partial charge in [0.1, 0.15) is 0 Å². The molecule has 0 unspecified atom stereocenters. The van der Waals surface area contributed by atoms with Crippen LogP contribution in [0.25, 0.3) is 0 Å². The van der Waals surface area contributed by atoms with Crippen LogP contribution in [0.4, 0.5) is 0 Å². The maximum atomic E-state index is 12.1. The molecular weight excluding hydrogens is 659 g/mol. The number of hydrogen-bond donors (Lipinski definition) is 0. The molecule has 0 saturated carbocycles. The van der Waals surface area contributed by atoms with Crippen LogP contribution in [0.5, 0.6) is 0 Å². The Hall–Kier alpha value is -1.44. The van der Waals surface area contributed by atoms with Gasteiger partial charge in [-0.25, -0.2) is 0 Å². The second-order valence-corrected chi connectivity index (χ2v) is 7.74. The number of hydrogen-bond acceptors (Lipinski definition) is 11. The van der Waals surface area contributed by atoms with Gasteiger partial charge < -0.3 is 56.8 Å². The van der Waals surface area contributed by atoms with E-state index in [1.54, 1.807) is 32.9 Å². The zero-order valence-corrected chi connectivity index (χ0v) is 21.9. The van der Waals surface area contributed by atoms with E-state index < -0.39 is 17.9 Å². The van der Waals surface area contributed by atoms with Gasteiger partial charge in [0, 0.05) is 84.1 Å². The molecule has 37 heavy (non-hydrogen) atoms. The van der Waals surface area contributed by atoms with Crippen molar-refractivity contribution in [2.45, 2.75) is 6.54 Å². The molecule has 2 rings (SSSR count). The van der Waals surface area contributed by atoms with E-state index in [-0.39, 0.29) is 115 Å². The molecule has 0 spiro atoms. The molecule has 2 heterocycles. The molecule has 1 aromatic rings. The van der Waals surface area contributed by atoms with E-state index in [1.807, 2.05) is 4.90 Å². The van der Waals surface area contributed by atoms with Crippen molar-refractivity contribution >= 4 is 17.9 Å². The maximum Gasteiger partial charge on any atom is 3.00 e. The summed E-state index contributed by atoms with van der Waals surface area (Å²) in [4.78, 5) is 40.3. The second kappa shape index (κ2) is 22.5. The molecule has 0 amide bonds. The first kappa shape index (κ1) is 42.6. The van der Waals surface area contributed by atoms with Gasteiger partial charge in [-0.2, -0.15) is 4.73 Å². The minimum atomic E-state index is -1.27. The van der Waals surface area contributed by atoms with Crippen molar-refractivity contribution in [3.8, 4) is 0 Å². The molecule has 1 fully saturated rings. The van der Waals surface area contributed by atoms with Gasteiger partial charge in [-0.3, -0.25) is 19.6 Å². The Morgan fingerprint density at radius 2 is 0.973 bits per heavy atom. The zero-order valence-electron chi connectivity index (χ0n) is 20.2. The van der Waals surface area contributed by atoms with E-state index in [2.05, 4.69) is 0 Å². The maximum absolute atomic E-state index is 12.1. The monoisotopic (exact) mass is 696 g/mol. The SMILES string of the molecule is O.O.O.O.O=C([O-])CN1CCN(CC(=O)[O-])CCN(Cc2cccc[n+]2[O-])CCN(CC(=O)[O-])CC1.[Yb+3]. The van der Waals surface area contributed by atoms with E-state index >= 15 is 0 Å². The Balaban J connectivity index is -0.00000109. The fraction of sp³-hybridized carbons (Fsp3) is 0.600. The number of carbonyl (C=O) groups is 3. The third-order valence-corrected chi connectivity index (χ3v) is 5.28. The Kier molecular flexibility index (Phi) is 26.0. The fourth-order valence-electron chi connectivity index (χ4n) is 3.57. The van der Waals surface area contributed by atoms with Crippen LogP contribution in [0.15, 0.2) is 24.4 Å².